The van der Waals surface area contributed by atoms with Gasteiger partial charge in [0.2, 0.25) is 0 Å². The molecule has 0 bridgehead atoms. The van der Waals surface area contributed by atoms with Crippen LogP contribution >= 0.6 is 0 Å². The lowest BCUT2D eigenvalue weighted by molar-refractivity contribution is -0.384. The zero-order valence-electron chi connectivity index (χ0n) is 14.2. The minimum absolute atomic E-state index is 0.0434. The Morgan fingerprint density at radius 1 is 1.04 bits per heavy atom. The number of nitrogens with zero attached hydrogens (tertiary/aromatic N) is 2. The van der Waals surface area contributed by atoms with Gasteiger partial charge in [-0.3, -0.25) is 14.4 Å². The van der Waals surface area contributed by atoms with E-state index < -0.39 is 14.9 Å². The van der Waals surface area contributed by atoms with Gasteiger partial charge in [-0.2, -0.15) is 0 Å². The van der Waals surface area contributed by atoms with E-state index >= 15 is 0 Å². The molecule has 0 N–H and O–H groups in total. The lowest BCUT2D eigenvalue weighted by Crippen LogP contribution is -2.27. The maximum absolute atomic E-state index is 12.9. The third-order valence-corrected chi connectivity index (χ3v) is 5.50. The van der Waals surface area contributed by atoms with E-state index in [1.165, 1.54) is 45.5 Å². The summed E-state index contributed by atoms with van der Waals surface area (Å²) in [6.07, 6.45) is 0. The van der Waals surface area contributed by atoms with Gasteiger partial charge in [-0.15, -0.1) is 0 Å². The van der Waals surface area contributed by atoms with Gasteiger partial charge >= 0.3 is 0 Å². The number of rotatable bonds is 6. The van der Waals surface area contributed by atoms with Crippen LogP contribution in [-0.2, 0) is 10.0 Å². The highest BCUT2D eigenvalue weighted by Crippen LogP contribution is 2.35. The van der Waals surface area contributed by atoms with Gasteiger partial charge in [0.05, 0.1) is 24.0 Å². The largest absolute Gasteiger partial charge is 0.496 e. The number of sulfonamides is 1. The van der Waals surface area contributed by atoms with Crippen LogP contribution in [0.2, 0.25) is 0 Å². The van der Waals surface area contributed by atoms with E-state index in [0.29, 0.717) is 11.3 Å². The van der Waals surface area contributed by atoms with Gasteiger partial charge in [0.1, 0.15) is 17.2 Å². The van der Waals surface area contributed by atoms with E-state index in [9.17, 15) is 18.5 Å². The zero-order valence-corrected chi connectivity index (χ0v) is 15.0. The van der Waals surface area contributed by atoms with Crippen molar-refractivity contribution in [2.45, 2.75) is 11.8 Å². The molecule has 2 aromatic rings. The maximum Gasteiger partial charge on any atom is 0.271 e. The molecule has 25 heavy (non-hydrogen) atoms. The summed E-state index contributed by atoms with van der Waals surface area (Å²) in [4.78, 5) is 10.4. The summed E-state index contributed by atoms with van der Waals surface area (Å²) in [7, 11) is 0.237. The molecule has 0 amide bonds. The van der Waals surface area contributed by atoms with Crippen LogP contribution in [0.15, 0.2) is 41.3 Å². The van der Waals surface area contributed by atoms with Crippen LogP contribution in [-0.4, -0.2) is 34.6 Å². The molecule has 0 saturated heterocycles. The Labute approximate surface area is 145 Å². The third-order valence-electron chi connectivity index (χ3n) is 3.74. The number of nitro benzene ring substituents is 1. The highest BCUT2D eigenvalue weighted by atomic mass is 32.2. The highest BCUT2D eigenvalue weighted by molar-refractivity contribution is 7.92. The van der Waals surface area contributed by atoms with Gasteiger partial charge < -0.3 is 9.47 Å². The number of ether oxygens (including phenoxy) is 2. The van der Waals surface area contributed by atoms with Crippen molar-refractivity contribution in [3.8, 4) is 11.5 Å². The van der Waals surface area contributed by atoms with Crippen LogP contribution in [0.5, 0.6) is 11.5 Å². The Hall–Kier alpha value is -2.81. The second kappa shape index (κ2) is 6.98. The summed E-state index contributed by atoms with van der Waals surface area (Å²) in [5.41, 5.74) is 0.497. The summed E-state index contributed by atoms with van der Waals surface area (Å²) in [6.45, 7) is 1.73. The average molecular weight is 366 g/mol. The minimum Gasteiger partial charge on any atom is -0.496 e. The van der Waals surface area contributed by atoms with Crippen molar-refractivity contribution in [3.63, 3.8) is 0 Å². The lowest BCUT2D eigenvalue weighted by atomic mass is 10.2. The fourth-order valence-electron chi connectivity index (χ4n) is 2.34. The monoisotopic (exact) mass is 366 g/mol. The normalized spacial score (nSPS) is 11.0. The highest BCUT2D eigenvalue weighted by Gasteiger charge is 2.26. The molecule has 9 heteroatoms. The standard InChI is InChI=1S/C16H18N2O6S/c1-11-9-13(6-8-15(11)23-3)25(21,22)17(2)14-10-12(18(19)20)5-7-16(14)24-4/h5-10H,1-4H3. The molecule has 0 atom stereocenters. The molecule has 0 radical (unpaired) electrons. The Kier molecular flexibility index (Phi) is 5.17. The Bertz CT molecular complexity index is 911. The molecule has 0 saturated carbocycles. The molecule has 0 aromatic heterocycles. The molecule has 0 heterocycles. The van der Waals surface area contributed by atoms with E-state index in [4.69, 9.17) is 9.47 Å². The zero-order chi connectivity index (χ0) is 18.8. The van der Waals surface area contributed by atoms with E-state index in [0.717, 1.165) is 10.4 Å². The first kappa shape index (κ1) is 18.5. The first-order valence-electron chi connectivity index (χ1n) is 7.18. The Morgan fingerprint density at radius 3 is 2.16 bits per heavy atom. The van der Waals surface area contributed by atoms with Gasteiger partial charge in [-0.25, -0.2) is 8.42 Å². The van der Waals surface area contributed by atoms with Gasteiger partial charge in [-0.05, 0) is 36.8 Å². The number of hydrogen-bond acceptors (Lipinski definition) is 6. The fraction of sp³-hybridized carbons (Fsp3) is 0.250. The number of nitro groups is 1. The van der Waals surface area contributed by atoms with Crippen molar-refractivity contribution in [3.05, 3.63) is 52.1 Å². The molecule has 0 aliphatic carbocycles. The topological polar surface area (TPSA) is 99.0 Å². The number of aryl methyl sites for hydroxylation is 1. The van der Waals surface area contributed by atoms with Crippen LogP contribution in [0.4, 0.5) is 11.4 Å². The molecule has 0 aliphatic rings. The minimum atomic E-state index is -3.94. The van der Waals surface area contributed by atoms with Crippen LogP contribution in [0.1, 0.15) is 5.56 Å². The van der Waals surface area contributed by atoms with E-state index in [2.05, 4.69) is 0 Å². The molecular weight excluding hydrogens is 348 g/mol. The molecule has 2 aromatic carbocycles. The second-order valence-corrected chi connectivity index (χ2v) is 7.19. The number of hydrogen-bond donors (Lipinski definition) is 0. The predicted molar refractivity (Wildman–Crippen MR) is 93.0 cm³/mol. The second-order valence-electron chi connectivity index (χ2n) is 5.22. The molecule has 134 valence electrons. The van der Waals surface area contributed by atoms with Gasteiger partial charge in [0, 0.05) is 19.2 Å². The summed E-state index contributed by atoms with van der Waals surface area (Å²) >= 11 is 0. The first-order valence-corrected chi connectivity index (χ1v) is 8.62. The smallest absolute Gasteiger partial charge is 0.271 e. The summed E-state index contributed by atoms with van der Waals surface area (Å²) in [5, 5.41) is 11.0. The van der Waals surface area contributed by atoms with Crippen LogP contribution < -0.4 is 13.8 Å². The van der Waals surface area contributed by atoms with Crippen molar-refractivity contribution < 1.29 is 22.8 Å². The maximum atomic E-state index is 12.9. The number of anilines is 1. The molecule has 2 rings (SSSR count). The number of methoxy groups -OCH3 is 2. The molecule has 0 spiro atoms. The number of non-ortho nitro benzene ring substituents is 1. The predicted octanol–water partition coefficient (Wildman–Crippen LogP) is 2.75. The van der Waals surface area contributed by atoms with E-state index in [-0.39, 0.29) is 22.0 Å². The third kappa shape index (κ3) is 3.50. The summed E-state index contributed by atoms with van der Waals surface area (Å²) < 4.78 is 37.0. The molecule has 0 fully saturated rings. The summed E-state index contributed by atoms with van der Waals surface area (Å²) in [5.74, 6) is 0.774. The molecule has 0 unspecified atom stereocenters. The van der Waals surface area contributed by atoms with E-state index in [1.54, 1.807) is 13.0 Å². The van der Waals surface area contributed by atoms with Crippen LogP contribution in [0.3, 0.4) is 0 Å². The van der Waals surface area contributed by atoms with Crippen molar-refractivity contribution >= 4 is 21.4 Å². The van der Waals surface area contributed by atoms with Gasteiger partial charge in [0.15, 0.2) is 0 Å². The van der Waals surface area contributed by atoms with Gasteiger partial charge in [0.25, 0.3) is 15.7 Å². The Morgan fingerprint density at radius 2 is 1.64 bits per heavy atom. The Balaban J connectivity index is 2.55. The lowest BCUT2D eigenvalue weighted by Gasteiger charge is -2.22. The van der Waals surface area contributed by atoms with Crippen LogP contribution in [0, 0.1) is 17.0 Å². The van der Waals surface area contributed by atoms with Crippen molar-refractivity contribution in [1.82, 2.24) is 0 Å². The molecule has 8 nitrogen and oxygen atoms in total. The molecular formula is C16H18N2O6S. The number of benzene rings is 2. The van der Waals surface area contributed by atoms with E-state index in [1.807, 2.05) is 0 Å². The molecule has 0 aliphatic heterocycles. The first-order chi connectivity index (χ1) is 11.7. The summed E-state index contributed by atoms with van der Waals surface area (Å²) in [6, 6.07) is 8.22. The average Bonchev–Trinajstić information content (AvgIpc) is 2.60. The fourth-order valence-corrected chi connectivity index (χ4v) is 3.62. The van der Waals surface area contributed by atoms with Crippen molar-refractivity contribution in [1.29, 1.82) is 0 Å². The van der Waals surface area contributed by atoms with Crippen molar-refractivity contribution in [2.75, 3.05) is 25.6 Å². The quantitative estimate of drug-likeness (QED) is 0.576. The van der Waals surface area contributed by atoms with Crippen molar-refractivity contribution in [2.24, 2.45) is 0 Å². The van der Waals surface area contributed by atoms with Gasteiger partial charge in [-0.1, -0.05) is 0 Å². The van der Waals surface area contributed by atoms with Crippen LogP contribution in [0.25, 0.3) is 0 Å². The SMILES string of the molecule is COc1ccc(S(=O)(=O)N(C)c2cc([N+](=O)[O-])ccc2OC)cc1C.